The summed E-state index contributed by atoms with van der Waals surface area (Å²) in [5.41, 5.74) is 1.99. The van der Waals surface area contributed by atoms with Gasteiger partial charge in [0.05, 0.1) is 22.5 Å². The molecule has 2 aromatic rings. The van der Waals surface area contributed by atoms with Crippen LogP contribution in [-0.2, 0) is 7.05 Å². The van der Waals surface area contributed by atoms with Gasteiger partial charge in [0.1, 0.15) is 0 Å². The van der Waals surface area contributed by atoms with E-state index in [4.69, 9.17) is 0 Å². The maximum Gasteiger partial charge on any atom is 0.338 e. The Morgan fingerprint density at radius 2 is 2.00 bits per heavy atom. The average molecular weight is 273 g/mol. The Hall–Kier alpha value is -2.63. The van der Waals surface area contributed by atoms with Crippen LogP contribution in [0.25, 0.3) is 0 Å². The normalized spacial score (nSPS) is 10.3. The summed E-state index contributed by atoms with van der Waals surface area (Å²) >= 11 is 0. The Labute approximate surface area is 116 Å². The summed E-state index contributed by atoms with van der Waals surface area (Å²) in [7, 11) is 1.72. The van der Waals surface area contributed by atoms with Crippen LogP contribution in [-0.4, -0.2) is 26.8 Å². The van der Waals surface area contributed by atoms with Gasteiger partial charge in [0, 0.05) is 13.2 Å². The number of aromatic carboxylic acids is 1. The van der Waals surface area contributed by atoms with E-state index < -0.39 is 5.97 Å². The molecule has 0 aliphatic heterocycles. The van der Waals surface area contributed by atoms with Crippen molar-refractivity contribution >= 4 is 17.6 Å². The average Bonchev–Trinajstić information content (AvgIpc) is 2.68. The van der Waals surface area contributed by atoms with Gasteiger partial charge >= 0.3 is 5.97 Å². The number of amides is 1. The molecular weight excluding hydrogens is 258 g/mol. The van der Waals surface area contributed by atoms with E-state index in [-0.39, 0.29) is 17.2 Å². The summed E-state index contributed by atoms with van der Waals surface area (Å²) < 4.78 is 1.54. The van der Waals surface area contributed by atoms with Gasteiger partial charge in [-0.15, -0.1) is 0 Å². The third kappa shape index (κ3) is 2.54. The SMILES string of the molecule is Cc1cccc(NC(=O)c2cn(C)nc2C)c1C(=O)O. The van der Waals surface area contributed by atoms with Gasteiger partial charge in [-0.3, -0.25) is 9.48 Å². The second-order valence-electron chi connectivity index (χ2n) is 4.56. The molecule has 104 valence electrons. The van der Waals surface area contributed by atoms with Gasteiger partial charge in [-0.25, -0.2) is 4.79 Å². The smallest absolute Gasteiger partial charge is 0.338 e. The van der Waals surface area contributed by atoms with E-state index in [1.54, 1.807) is 50.0 Å². The molecule has 0 radical (unpaired) electrons. The van der Waals surface area contributed by atoms with Crippen LogP contribution in [0.1, 0.15) is 32.0 Å². The fourth-order valence-corrected chi connectivity index (χ4v) is 2.07. The van der Waals surface area contributed by atoms with Gasteiger partial charge in [-0.1, -0.05) is 12.1 Å². The second-order valence-corrected chi connectivity index (χ2v) is 4.56. The van der Waals surface area contributed by atoms with Gasteiger partial charge in [-0.05, 0) is 25.5 Å². The highest BCUT2D eigenvalue weighted by molar-refractivity contribution is 6.08. The minimum Gasteiger partial charge on any atom is -0.478 e. The van der Waals surface area contributed by atoms with Crippen LogP contribution in [0.5, 0.6) is 0 Å². The molecule has 6 nitrogen and oxygen atoms in total. The number of aromatic nitrogens is 2. The van der Waals surface area contributed by atoms with Crippen LogP contribution < -0.4 is 5.32 Å². The van der Waals surface area contributed by atoms with E-state index in [9.17, 15) is 14.7 Å². The maximum atomic E-state index is 12.2. The quantitative estimate of drug-likeness (QED) is 0.895. The summed E-state index contributed by atoms with van der Waals surface area (Å²) in [6, 6.07) is 4.96. The number of carbonyl (C=O) groups excluding carboxylic acids is 1. The summed E-state index contributed by atoms with van der Waals surface area (Å²) in [6.07, 6.45) is 1.60. The largest absolute Gasteiger partial charge is 0.478 e. The summed E-state index contributed by atoms with van der Waals surface area (Å²) in [5.74, 6) is -1.44. The number of hydrogen-bond donors (Lipinski definition) is 2. The molecule has 0 atom stereocenters. The molecule has 0 saturated heterocycles. The lowest BCUT2D eigenvalue weighted by molar-refractivity contribution is 0.0697. The Bertz CT molecular complexity index is 689. The molecule has 6 heteroatoms. The predicted molar refractivity (Wildman–Crippen MR) is 74.0 cm³/mol. The minimum atomic E-state index is -1.07. The van der Waals surface area contributed by atoms with E-state index in [0.717, 1.165) is 0 Å². The van der Waals surface area contributed by atoms with E-state index >= 15 is 0 Å². The zero-order valence-electron chi connectivity index (χ0n) is 11.5. The molecule has 0 aliphatic rings. The molecular formula is C14H15N3O3. The number of hydrogen-bond acceptors (Lipinski definition) is 3. The monoisotopic (exact) mass is 273 g/mol. The van der Waals surface area contributed by atoms with Crippen LogP contribution in [0.4, 0.5) is 5.69 Å². The molecule has 1 heterocycles. The molecule has 0 fully saturated rings. The van der Waals surface area contributed by atoms with Crippen molar-refractivity contribution < 1.29 is 14.7 Å². The Balaban J connectivity index is 2.36. The topological polar surface area (TPSA) is 84.2 Å². The summed E-state index contributed by atoms with van der Waals surface area (Å²) in [5, 5.41) is 15.9. The molecule has 1 aromatic carbocycles. The number of carboxylic acid groups (broad SMARTS) is 1. The van der Waals surface area contributed by atoms with Crippen LogP contribution in [0.2, 0.25) is 0 Å². The lowest BCUT2D eigenvalue weighted by Crippen LogP contribution is -2.16. The van der Waals surface area contributed by atoms with Gasteiger partial charge in [-0.2, -0.15) is 5.10 Å². The predicted octanol–water partition coefficient (Wildman–Crippen LogP) is 1.99. The van der Waals surface area contributed by atoms with Crippen molar-refractivity contribution in [1.82, 2.24) is 9.78 Å². The Morgan fingerprint density at radius 1 is 1.30 bits per heavy atom. The number of carbonyl (C=O) groups is 2. The minimum absolute atomic E-state index is 0.0994. The van der Waals surface area contributed by atoms with E-state index in [1.165, 1.54) is 0 Å². The van der Waals surface area contributed by atoms with Gasteiger partial charge < -0.3 is 10.4 Å². The van der Waals surface area contributed by atoms with E-state index in [1.807, 2.05) is 0 Å². The summed E-state index contributed by atoms with van der Waals surface area (Å²) in [4.78, 5) is 23.4. The molecule has 0 bridgehead atoms. The standard InChI is InChI=1S/C14H15N3O3/c1-8-5-4-6-11(12(8)14(19)20)15-13(18)10-7-17(3)16-9(10)2/h4-7H,1-3H3,(H,15,18)(H,19,20). The first kappa shape index (κ1) is 13.8. The van der Waals surface area contributed by atoms with Crippen LogP contribution >= 0.6 is 0 Å². The number of aryl methyl sites for hydroxylation is 3. The molecule has 1 aromatic heterocycles. The molecule has 0 spiro atoms. The maximum absolute atomic E-state index is 12.2. The van der Waals surface area contributed by atoms with Gasteiger partial charge in [0.15, 0.2) is 0 Å². The lowest BCUT2D eigenvalue weighted by atomic mass is 10.1. The number of carboxylic acids is 1. The first-order valence-electron chi connectivity index (χ1n) is 6.04. The zero-order chi connectivity index (χ0) is 14.9. The molecule has 0 aliphatic carbocycles. The third-order valence-electron chi connectivity index (χ3n) is 2.99. The van der Waals surface area contributed by atoms with Crippen molar-refractivity contribution in [3.05, 3.63) is 46.8 Å². The van der Waals surface area contributed by atoms with Crippen molar-refractivity contribution in [3.8, 4) is 0 Å². The van der Waals surface area contributed by atoms with Crippen LogP contribution in [0.15, 0.2) is 24.4 Å². The number of nitrogens with zero attached hydrogens (tertiary/aromatic N) is 2. The third-order valence-corrected chi connectivity index (χ3v) is 2.99. The molecule has 0 unspecified atom stereocenters. The van der Waals surface area contributed by atoms with Gasteiger partial charge in [0.2, 0.25) is 0 Å². The molecule has 20 heavy (non-hydrogen) atoms. The van der Waals surface area contributed by atoms with E-state index in [0.29, 0.717) is 16.8 Å². The van der Waals surface area contributed by atoms with Crippen LogP contribution in [0.3, 0.4) is 0 Å². The zero-order valence-corrected chi connectivity index (χ0v) is 11.5. The molecule has 1 amide bonds. The number of anilines is 1. The fourth-order valence-electron chi connectivity index (χ4n) is 2.07. The number of benzene rings is 1. The van der Waals surface area contributed by atoms with Crippen LogP contribution in [0, 0.1) is 13.8 Å². The second kappa shape index (κ2) is 5.16. The van der Waals surface area contributed by atoms with Crippen molar-refractivity contribution in [3.63, 3.8) is 0 Å². The fraction of sp³-hybridized carbons (Fsp3) is 0.214. The van der Waals surface area contributed by atoms with Crippen molar-refractivity contribution in [1.29, 1.82) is 0 Å². The van der Waals surface area contributed by atoms with Crippen molar-refractivity contribution in [2.45, 2.75) is 13.8 Å². The first-order chi connectivity index (χ1) is 9.40. The molecule has 2 rings (SSSR count). The molecule has 2 N–H and O–H groups in total. The van der Waals surface area contributed by atoms with E-state index in [2.05, 4.69) is 10.4 Å². The number of nitrogens with one attached hydrogen (secondary N) is 1. The highest BCUT2D eigenvalue weighted by atomic mass is 16.4. The number of rotatable bonds is 3. The summed E-state index contributed by atoms with van der Waals surface area (Å²) in [6.45, 7) is 3.41. The van der Waals surface area contributed by atoms with Crippen molar-refractivity contribution in [2.75, 3.05) is 5.32 Å². The highest BCUT2D eigenvalue weighted by Gasteiger charge is 2.17. The van der Waals surface area contributed by atoms with Gasteiger partial charge in [0.25, 0.3) is 5.91 Å². The first-order valence-corrected chi connectivity index (χ1v) is 6.04. The molecule has 0 saturated carbocycles. The Morgan fingerprint density at radius 3 is 2.55 bits per heavy atom. The Kier molecular flexibility index (Phi) is 3.56. The van der Waals surface area contributed by atoms with Crippen molar-refractivity contribution in [2.24, 2.45) is 7.05 Å². The lowest BCUT2D eigenvalue weighted by Gasteiger charge is -2.10. The highest BCUT2D eigenvalue weighted by Crippen LogP contribution is 2.20.